The molecule has 0 bridgehead atoms. The van der Waals surface area contributed by atoms with Gasteiger partial charge in [-0.3, -0.25) is 4.98 Å². The number of hydrogen-bond acceptors (Lipinski definition) is 5. The van der Waals surface area contributed by atoms with E-state index in [1.165, 1.54) is 6.07 Å². The molecule has 6 heteroatoms. The van der Waals surface area contributed by atoms with Gasteiger partial charge in [-0.2, -0.15) is 0 Å². The highest BCUT2D eigenvalue weighted by Crippen LogP contribution is 2.25. The molecule has 0 saturated heterocycles. The summed E-state index contributed by atoms with van der Waals surface area (Å²) in [5.74, 6) is 0.643. The minimum absolute atomic E-state index is 0.0886. The summed E-state index contributed by atoms with van der Waals surface area (Å²) in [5.41, 5.74) is 1.50. The van der Waals surface area contributed by atoms with E-state index in [9.17, 15) is 4.39 Å². The standard InChI is InChI=1S/C18H17FN4O/c19-14-7-2-1-6-13(14)16-12-17(21-10-5-11-24)23-18(22-16)15-8-3-4-9-20-15/h1-4,6-9,12,24H,5,10-11H2,(H,21,22,23). The van der Waals surface area contributed by atoms with E-state index in [-0.39, 0.29) is 12.4 Å². The lowest BCUT2D eigenvalue weighted by Gasteiger charge is -2.10. The summed E-state index contributed by atoms with van der Waals surface area (Å²) in [6.07, 6.45) is 2.26. The second-order valence-electron chi connectivity index (χ2n) is 5.16. The van der Waals surface area contributed by atoms with E-state index in [4.69, 9.17) is 5.11 Å². The molecule has 0 radical (unpaired) electrons. The van der Waals surface area contributed by atoms with Gasteiger partial charge in [0.25, 0.3) is 0 Å². The first kappa shape index (κ1) is 16.0. The van der Waals surface area contributed by atoms with Crippen molar-refractivity contribution in [2.24, 2.45) is 0 Å². The minimum Gasteiger partial charge on any atom is -0.396 e. The average molecular weight is 324 g/mol. The third-order valence-corrected chi connectivity index (χ3v) is 3.41. The Labute approximate surface area is 139 Å². The molecule has 0 fully saturated rings. The van der Waals surface area contributed by atoms with Gasteiger partial charge >= 0.3 is 0 Å². The Kier molecular flexibility index (Phi) is 5.08. The van der Waals surface area contributed by atoms with Crippen LogP contribution in [0.5, 0.6) is 0 Å². The number of anilines is 1. The molecular formula is C18H17FN4O. The molecule has 0 amide bonds. The number of nitrogens with one attached hydrogen (secondary N) is 1. The summed E-state index contributed by atoms with van der Waals surface area (Å²) in [5, 5.41) is 12.0. The second kappa shape index (κ2) is 7.61. The molecule has 0 spiro atoms. The molecule has 2 N–H and O–H groups in total. The van der Waals surface area contributed by atoms with Gasteiger partial charge in [0, 0.05) is 31.0 Å². The van der Waals surface area contributed by atoms with Gasteiger partial charge in [-0.15, -0.1) is 0 Å². The van der Waals surface area contributed by atoms with E-state index in [1.54, 1.807) is 36.5 Å². The first-order valence-electron chi connectivity index (χ1n) is 7.68. The molecule has 0 aliphatic rings. The predicted octanol–water partition coefficient (Wildman–Crippen LogP) is 3.14. The SMILES string of the molecule is OCCCNc1cc(-c2ccccc2F)nc(-c2ccccn2)n1. The van der Waals surface area contributed by atoms with E-state index >= 15 is 0 Å². The number of benzene rings is 1. The van der Waals surface area contributed by atoms with Crippen LogP contribution in [0, 0.1) is 5.82 Å². The van der Waals surface area contributed by atoms with Crippen molar-refractivity contribution in [1.82, 2.24) is 15.0 Å². The summed E-state index contributed by atoms with van der Waals surface area (Å²) in [4.78, 5) is 13.2. The second-order valence-corrected chi connectivity index (χ2v) is 5.16. The Morgan fingerprint density at radius 1 is 1.00 bits per heavy atom. The Morgan fingerprint density at radius 2 is 1.83 bits per heavy atom. The van der Waals surface area contributed by atoms with Crippen LogP contribution in [-0.2, 0) is 0 Å². The molecule has 24 heavy (non-hydrogen) atoms. The normalized spacial score (nSPS) is 10.6. The quantitative estimate of drug-likeness (QED) is 0.682. The number of rotatable bonds is 6. The van der Waals surface area contributed by atoms with Crippen LogP contribution in [0.15, 0.2) is 54.7 Å². The molecule has 0 aliphatic carbocycles. The average Bonchev–Trinajstić information content (AvgIpc) is 2.63. The Morgan fingerprint density at radius 3 is 2.58 bits per heavy atom. The van der Waals surface area contributed by atoms with Crippen LogP contribution in [0.2, 0.25) is 0 Å². The highest BCUT2D eigenvalue weighted by atomic mass is 19.1. The van der Waals surface area contributed by atoms with Gasteiger partial charge in [0.1, 0.15) is 17.3 Å². The predicted molar refractivity (Wildman–Crippen MR) is 90.8 cm³/mol. The first-order valence-corrected chi connectivity index (χ1v) is 7.68. The summed E-state index contributed by atoms with van der Waals surface area (Å²) < 4.78 is 14.1. The largest absolute Gasteiger partial charge is 0.396 e. The number of halogens is 1. The van der Waals surface area contributed by atoms with Crippen molar-refractivity contribution in [1.29, 1.82) is 0 Å². The van der Waals surface area contributed by atoms with E-state index in [0.29, 0.717) is 41.6 Å². The Balaban J connectivity index is 2.04. The van der Waals surface area contributed by atoms with Crippen LogP contribution in [-0.4, -0.2) is 33.2 Å². The summed E-state index contributed by atoms with van der Waals surface area (Å²) in [6.45, 7) is 0.650. The molecule has 0 atom stereocenters. The Hall–Kier alpha value is -2.86. The zero-order valence-corrected chi connectivity index (χ0v) is 13.0. The molecule has 0 unspecified atom stereocenters. The van der Waals surface area contributed by atoms with Crippen molar-refractivity contribution in [3.63, 3.8) is 0 Å². The van der Waals surface area contributed by atoms with Gasteiger partial charge in [0.15, 0.2) is 5.82 Å². The number of aliphatic hydroxyl groups excluding tert-OH is 1. The van der Waals surface area contributed by atoms with E-state index in [0.717, 1.165) is 0 Å². The lowest BCUT2D eigenvalue weighted by atomic mass is 10.1. The fourth-order valence-corrected chi connectivity index (χ4v) is 2.25. The lowest BCUT2D eigenvalue weighted by Crippen LogP contribution is -2.07. The van der Waals surface area contributed by atoms with Gasteiger partial charge in [-0.25, -0.2) is 14.4 Å². The van der Waals surface area contributed by atoms with E-state index in [1.807, 2.05) is 12.1 Å². The maximum atomic E-state index is 14.1. The molecule has 0 saturated carbocycles. The van der Waals surface area contributed by atoms with Crippen molar-refractivity contribution < 1.29 is 9.50 Å². The Bertz CT molecular complexity index is 811. The highest BCUT2D eigenvalue weighted by molar-refractivity contribution is 5.66. The zero-order chi connectivity index (χ0) is 16.8. The third kappa shape index (κ3) is 3.72. The van der Waals surface area contributed by atoms with Crippen LogP contribution < -0.4 is 5.32 Å². The maximum absolute atomic E-state index is 14.1. The number of nitrogens with zero attached hydrogens (tertiary/aromatic N) is 3. The van der Waals surface area contributed by atoms with Crippen molar-refractivity contribution in [2.75, 3.05) is 18.5 Å². The van der Waals surface area contributed by atoms with Crippen molar-refractivity contribution in [3.8, 4) is 22.8 Å². The summed E-state index contributed by atoms with van der Waals surface area (Å²) in [6, 6.07) is 13.6. The number of aromatic nitrogens is 3. The summed E-state index contributed by atoms with van der Waals surface area (Å²) >= 11 is 0. The molecule has 5 nitrogen and oxygen atoms in total. The fraction of sp³-hybridized carbons (Fsp3) is 0.167. The van der Waals surface area contributed by atoms with Gasteiger partial charge in [-0.05, 0) is 30.7 Å². The fourth-order valence-electron chi connectivity index (χ4n) is 2.25. The summed E-state index contributed by atoms with van der Waals surface area (Å²) in [7, 11) is 0. The van der Waals surface area contributed by atoms with Crippen LogP contribution in [0.1, 0.15) is 6.42 Å². The van der Waals surface area contributed by atoms with Crippen LogP contribution in [0.25, 0.3) is 22.8 Å². The van der Waals surface area contributed by atoms with Crippen molar-refractivity contribution in [3.05, 3.63) is 60.5 Å². The highest BCUT2D eigenvalue weighted by Gasteiger charge is 2.12. The van der Waals surface area contributed by atoms with E-state index in [2.05, 4.69) is 20.3 Å². The number of aliphatic hydroxyl groups is 1. The monoisotopic (exact) mass is 324 g/mol. The van der Waals surface area contributed by atoms with Crippen LogP contribution >= 0.6 is 0 Å². The van der Waals surface area contributed by atoms with Crippen LogP contribution in [0.4, 0.5) is 10.2 Å². The topological polar surface area (TPSA) is 70.9 Å². The third-order valence-electron chi connectivity index (χ3n) is 3.41. The molecular weight excluding hydrogens is 307 g/mol. The van der Waals surface area contributed by atoms with Crippen molar-refractivity contribution in [2.45, 2.75) is 6.42 Å². The number of hydrogen-bond donors (Lipinski definition) is 2. The van der Waals surface area contributed by atoms with Gasteiger partial charge in [0.2, 0.25) is 0 Å². The van der Waals surface area contributed by atoms with Gasteiger partial charge in [0.05, 0.1) is 5.69 Å². The zero-order valence-electron chi connectivity index (χ0n) is 13.0. The molecule has 1 aromatic carbocycles. The first-order chi connectivity index (χ1) is 11.8. The van der Waals surface area contributed by atoms with Gasteiger partial charge in [-0.1, -0.05) is 18.2 Å². The molecule has 2 heterocycles. The maximum Gasteiger partial charge on any atom is 0.180 e. The molecule has 2 aromatic heterocycles. The molecule has 3 rings (SSSR count). The number of pyridine rings is 1. The van der Waals surface area contributed by atoms with E-state index < -0.39 is 0 Å². The lowest BCUT2D eigenvalue weighted by molar-refractivity contribution is 0.292. The molecule has 0 aliphatic heterocycles. The molecule has 3 aromatic rings. The van der Waals surface area contributed by atoms with Gasteiger partial charge < -0.3 is 10.4 Å². The van der Waals surface area contributed by atoms with Crippen LogP contribution in [0.3, 0.4) is 0 Å². The minimum atomic E-state index is -0.343. The molecule has 122 valence electrons. The smallest absolute Gasteiger partial charge is 0.180 e. The van der Waals surface area contributed by atoms with Crippen molar-refractivity contribution >= 4 is 5.82 Å².